The minimum atomic E-state index is -0.520. The van der Waals surface area contributed by atoms with Gasteiger partial charge in [-0.1, -0.05) is 24.3 Å². The Hall–Kier alpha value is -1.88. The number of hydrogen-bond acceptors (Lipinski definition) is 3. The fourth-order valence-corrected chi connectivity index (χ4v) is 1.93. The van der Waals surface area contributed by atoms with Crippen molar-refractivity contribution in [2.45, 2.75) is 33.0 Å². The zero-order chi connectivity index (χ0) is 15.1. The Kier molecular flexibility index (Phi) is 6.18. The number of nitrogens with one attached hydrogen (secondary N) is 2. The van der Waals surface area contributed by atoms with E-state index in [0.717, 1.165) is 12.1 Å². The van der Waals surface area contributed by atoms with Crippen LogP contribution < -0.4 is 10.6 Å². The Bertz CT molecular complexity index is 472. The Morgan fingerprint density at radius 3 is 2.35 bits per heavy atom. The van der Waals surface area contributed by atoms with Gasteiger partial charge in [0.25, 0.3) is 0 Å². The largest absolute Gasteiger partial charge is 0.350 e. The molecule has 1 unspecified atom stereocenters. The summed E-state index contributed by atoms with van der Waals surface area (Å²) in [6, 6.07) is 7.48. The van der Waals surface area contributed by atoms with Crippen LogP contribution in [0.1, 0.15) is 25.0 Å². The third kappa shape index (κ3) is 5.40. The molecule has 1 atom stereocenters. The maximum absolute atomic E-state index is 11.8. The number of amides is 2. The van der Waals surface area contributed by atoms with E-state index in [-0.39, 0.29) is 11.8 Å². The molecular weight excluding hydrogens is 254 g/mol. The smallest absolute Gasteiger partial charge is 0.242 e. The minimum Gasteiger partial charge on any atom is -0.350 e. The number of carbonyl (C=O) groups is 2. The molecule has 5 heteroatoms. The average Bonchev–Trinajstić information content (AvgIpc) is 2.35. The third-order valence-corrected chi connectivity index (χ3v) is 2.87. The standard InChI is InChI=1S/C15H23N3O2/c1-11(17-12(2)19)15(20)16-9-13-7-5-6-8-14(13)10-18(3)4/h5-8,11H,9-10H2,1-4H3,(H,16,20)(H,17,19). The SMILES string of the molecule is CC(=O)NC(C)C(=O)NCc1ccccc1CN(C)C. The maximum atomic E-state index is 11.8. The first-order chi connectivity index (χ1) is 9.40. The van der Waals surface area contributed by atoms with Gasteiger partial charge < -0.3 is 15.5 Å². The van der Waals surface area contributed by atoms with Crippen molar-refractivity contribution in [3.8, 4) is 0 Å². The molecule has 110 valence electrons. The van der Waals surface area contributed by atoms with Gasteiger partial charge in [-0.25, -0.2) is 0 Å². The molecule has 0 saturated heterocycles. The highest BCUT2D eigenvalue weighted by molar-refractivity contribution is 5.86. The highest BCUT2D eigenvalue weighted by Crippen LogP contribution is 2.10. The molecule has 0 heterocycles. The van der Waals surface area contributed by atoms with Crippen LogP contribution in [0.3, 0.4) is 0 Å². The Morgan fingerprint density at radius 1 is 1.20 bits per heavy atom. The molecule has 20 heavy (non-hydrogen) atoms. The van der Waals surface area contributed by atoms with Crippen molar-refractivity contribution in [3.63, 3.8) is 0 Å². The molecule has 0 spiro atoms. The van der Waals surface area contributed by atoms with Gasteiger partial charge in [-0.15, -0.1) is 0 Å². The number of hydrogen-bond donors (Lipinski definition) is 2. The van der Waals surface area contributed by atoms with Crippen molar-refractivity contribution >= 4 is 11.8 Å². The molecule has 0 aliphatic rings. The number of rotatable bonds is 6. The van der Waals surface area contributed by atoms with E-state index >= 15 is 0 Å². The van der Waals surface area contributed by atoms with E-state index in [9.17, 15) is 9.59 Å². The molecule has 1 aromatic carbocycles. The van der Waals surface area contributed by atoms with Gasteiger partial charge in [-0.3, -0.25) is 9.59 Å². The molecule has 1 aromatic rings. The van der Waals surface area contributed by atoms with Crippen LogP contribution in [-0.2, 0) is 22.7 Å². The first-order valence-electron chi connectivity index (χ1n) is 6.66. The second-order valence-corrected chi connectivity index (χ2v) is 5.15. The predicted octanol–water partition coefficient (Wildman–Crippen LogP) is 0.889. The van der Waals surface area contributed by atoms with Crippen LogP contribution in [0.4, 0.5) is 0 Å². The lowest BCUT2D eigenvalue weighted by atomic mass is 10.1. The normalized spacial score (nSPS) is 12.1. The zero-order valence-electron chi connectivity index (χ0n) is 12.6. The van der Waals surface area contributed by atoms with Crippen molar-refractivity contribution in [2.75, 3.05) is 14.1 Å². The highest BCUT2D eigenvalue weighted by Gasteiger charge is 2.13. The number of benzene rings is 1. The molecule has 0 radical (unpaired) electrons. The lowest BCUT2D eigenvalue weighted by Gasteiger charge is -2.16. The monoisotopic (exact) mass is 277 g/mol. The molecule has 0 aromatic heterocycles. The van der Waals surface area contributed by atoms with Crippen LogP contribution in [0.5, 0.6) is 0 Å². The summed E-state index contributed by atoms with van der Waals surface area (Å²) < 4.78 is 0. The lowest BCUT2D eigenvalue weighted by Crippen LogP contribution is -2.43. The fraction of sp³-hybridized carbons (Fsp3) is 0.467. The summed E-state index contributed by atoms with van der Waals surface area (Å²) in [7, 11) is 4.02. The van der Waals surface area contributed by atoms with E-state index < -0.39 is 6.04 Å². The Morgan fingerprint density at radius 2 is 1.80 bits per heavy atom. The zero-order valence-corrected chi connectivity index (χ0v) is 12.6. The molecule has 1 rings (SSSR count). The van der Waals surface area contributed by atoms with Gasteiger partial charge in [0.2, 0.25) is 11.8 Å². The van der Waals surface area contributed by atoms with Gasteiger partial charge in [0.05, 0.1) is 0 Å². The second-order valence-electron chi connectivity index (χ2n) is 5.15. The first-order valence-corrected chi connectivity index (χ1v) is 6.66. The molecule has 5 nitrogen and oxygen atoms in total. The molecular formula is C15H23N3O2. The van der Waals surface area contributed by atoms with Crippen molar-refractivity contribution in [3.05, 3.63) is 35.4 Å². The van der Waals surface area contributed by atoms with Crippen molar-refractivity contribution in [1.29, 1.82) is 0 Å². The quantitative estimate of drug-likeness (QED) is 0.812. The molecule has 0 aliphatic heterocycles. The summed E-state index contributed by atoms with van der Waals surface area (Å²) in [5.41, 5.74) is 2.27. The van der Waals surface area contributed by atoms with Crippen molar-refractivity contribution in [2.24, 2.45) is 0 Å². The van der Waals surface area contributed by atoms with Crippen molar-refractivity contribution in [1.82, 2.24) is 15.5 Å². The van der Waals surface area contributed by atoms with Crippen LogP contribution in [0.25, 0.3) is 0 Å². The van der Waals surface area contributed by atoms with E-state index in [0.29, 0.717) is 6.54 Å². The molecule has 2 N–H and O–H groups in total. The van der Waals surface area contributed by atoms with Crippen LogP contribution >= 0.6 is 0 Å². The summed E-state index contributed by atoms with van der Waals surface area (Å²) in [4.78, 5) is 24.8. The van der Waals surface area contributed by atoms with Crippen LogP contribution in [-0.4, -0.2) is 36.9 Å². The van der Waals surface area contributed by atoms with E-state index in [1.165, 1.54) is 12.5 Å². The summed E-state index contributed by atoms with van der Waals surface area (Å²) in [5.74, 6) is -0.388. The van der Waals surface area contributed by atoms with Crippen LogP contribution in [0, 0.1) is 0 Å². The highest BCUT2D eigenvalue weighted by atomic mass is 16.2. The Balaban J connectivity index is 2.61. The van der Waals surface area contributed by atoms with Gasteiger partial charge in [0.15, 0.2) is 0 Å². The summed E-state index contributed by atoms with van der Waals surface area (Å²) >= 11 is 0. The minimum absolute atomic E-state index is 0.181. The molecule has 0 fully saturated rings. The van der Waals surface area contributed by atoms with Crippen molar-refractivity contribution < 1.29 is 9.59 Å². The summed E-state index contributed by atoms with van der Waals surface area (Å²) in [6.07, 6.45) is 0. The molecule has 0 aliphatic carbocycles. The van der Waals surface area contributed by atoms with Gasteiger partial charge in [-0.05, 0) is 32.1 Å². The summed E-state index contributed by atoms with van der Waals surface area (Å²) in [5, 5.41) is 5.41. The van der Waals surface area contributed by atoms with E-state index in [4.69, 9.17) is 0 Å². The van der Waals surface area contributed by atoms with E-state index in [1.807, 2.05) is 32.3 Å². The van der Waals surface area contributed by atoms with Gasteiger partial charge >= 0.3 is 0 Å². The topological polar surface area (TPSA) is 61.4 Å². The number of carbonyl (C=O) groups excluding carboxylic acids is 2. The van der Waals surface area contributed by atoms with Gasteiger partial charge in [-0.2, -0.15) is 0 Å². The molecule has 2 amide bonds. The summed E-state index contributed by atoms with van der Waals surface area (Å²) in [6.45, 7) is 4.36. The average molecular weight is 277 g/mol. The van der Waals surface area contributed by atoms with Crippen LogP contribution in [0.15, 0.2) is 24.3 Å². The fourth-order valence-electron chi connectivity index (χ4n) is 1.93. The third-order valence-electron chi connectivity index (χ3n) is 2.87. The maximum Gasteiger partial charge on any atom is 0.242 e. The molecule has 0 saturated carbocycles. The molecule has 0 bridgehead atoms. The Labute approximate surface area is 120 Å². The van der Waals surface area contributed by atoms with Gasteiger partial charge in [0.1, 0.15) is 6.04 Å². The first kappa shape index (κ1) is 16.2. The second kappa shape index (κ2) is 7.65. The number of nitrogens with zero attached hydrogens (tertiary/aromatic N) is 1. The van der Waals surface area contributed by atoms with E-state index in [1.54, 1.807) is 6.92 Å². The lowest BCUT2D eigenvalue weighted by molar-refractivity contribution is -0.127. The van der Waals surface area contributed by atoms with E-state index in [2.05, 4.69) is 21.6 Å². The predicted molar refractivity (Wildman–Crippen MR) is 79.0 cm³/mol. The van der Waals surface area contributed by atoms with Gasteiger partial charge in [0, 0.05) is 20.0 Å². The van der Waals surface area contributed by atoms with Crippen LogP contribution in [0.2, 0.25) is 0 Å².